The summed E-state index contributed by atoms with van der Waals surface area (Å²) in [6.45, 7) is 2.58. The van der Waals surface area contributed by atoms with Crippen molar-refractivity contribution in [3.63, 3.8) is 0 Å². The van der Waals surface area contributed by atoms with Gasteiger partial charge in [-0.15, -0.1) is 12.4 Å². The van der Waals surface area contributed by atoms with Gasteiger partial charge >= 0.3 is 0 Å². The Balaban J connectivity index is 0.00000210. The quantitative estimate of drug-likeness (QED) is 0.792. The number of nitrogens with zero attached hydrogens (tertiary/aromatic N) is 1. The van der Waals surface area contributed by atoms with Crippen molar-refractivity contribution < 1.29 is 14.6 Å². The molecule has 1 heterocycles. The molecule has 2 saturated carbocycles. The second-order valence-corrected chi connectivity index (χ2v) is 8.57. The van der Waals surface area contributed by atoms with Crippen LogP contribution in [-0.4, -0.2) is 42.6 Å². The van der Waals surface area contributed by atoms with Gasteiger partial charge in [0.25, 0.3) is 0 Å². The smallest absolute Gasteiger partial charge is 0.168 e. The van der Waals surface area contributed by atoms with Crippen molar-refractivity contribution in [2.24, 2.45) is 5.92 Å². The summed E-state index contributed by atoms with van der Waals surface area (Å²) in [5, 5.41) is 10.1. The predicted octanol–water partition coefficient (Wildman–Crippen LogP) is 4.84. The Morgan fingerprint density at radius 3 is 2.33 bits per heavy atom. The molecule has 3 aliphatic rings. The Morgan fingerprint density at radius 1 is 1.04 bits per heavy atom. The zero-order chi connectivity index (χ0) is 18.0. The van der Waals surface area contributed by atoms with Crippen LogP contribution in [0.15, 0.2) is 24.3 Å². The molecular formula is C22H34ClNO3. The van der Waals surface area contributed by atoms with Crippen molar-refractivity contribution in [2.75, 3.05) is 26.8 Å². The van der Waals surface area contributed by atoms with Crippen LogP contribution in [0.1, 0.15) is 63.4 Å². The van der Waals surface area contributed by atoms with E-state index in [2.05, 4.69) is 18.0 Å². The normalized spacial score (nSPS) is 24.8. The molecule has 1 aromatic carbocycles. The number of ether oxygens (including phenoxy) is 2. The van der Waals surface area contributed by atoms with Crippen molar-refractivity contribution in [3.8, 4) is 5.75 Å². The van der Waals surface area contributed by atoms with E-state index >= 15 is 0 Å². The van der Waals surface area contributed by atoms with E-state index < -0.39 is 0 Å². The van der Waals surface area contributed by atoms with Gasteiger partial charge in [0, 0.05) is 24.9 Å². The molecular weight excluding hydrogens is 362 g/mol. The van der Waals surface area contributed by atoms with E-state index in [9.17, 15) is 5.11 Å². The van der Waals surface area contributed by atoms with Crippen molar-refractivity contribution in [2.45, 2.75) is 69.1 Å². The highest BCUT2D eigenvalue weighted by molar-refractivity contribution is 5.85. The van der Waals surface area contributed by atoms with Crippen LogP contribution in [0.2, 0.25) is 0 Å². The molecule has 3 fully saturated rings. The lowest BCUT2D eigenvalue weighted by Crippen LogP contribution is -2.52. The minimum Gasteiger partial charge on any atom is -0.508 e. The molecule has 2 aliphatic carbocycles. The minimum atomic E-state index is -0.355. The minimum absolute atomic E-state index is 0. The molecule has 4 nitrogen and oxygen atoms in total. The standard InChI is InChI=1S/C22H33NO3.ClH/c1-23(17-18-6-3-2-4-7-18)21(19-8-5-9-20(24)16-19)10-12-22(13-11-21)25-14-15-26-22;/h5,8-9,16,18,24H,2-4,6-7,10-15,17H2,1H3;1H. The van der Waals surface area contributed by atoms with Crippen LogP contribution in [0.3, 0.4) is 0 Å². The van der Waals surface area contributed by atoms with Gasteiger partial charge in [-0.05, 0) is 56.3 Å². The summed E-state index contributed by atoms with van der Waals surface area (Å²) in [6, 6.07) is 7.90. The Morgan fingerprint density at radius 2 is 1.70 bits per heavy atom. The summed E-state index contributed by atoms with van der Waals surface area (Å²) >= 11 is 0. The number of phenolic OH excluding ortho intramolecular Hbond substituents is 1. The van der Waals surface area contributed by atoms with Gasteiger partial charge in [-0.2, -0.15) is 0 Å². The molecule has 0 amide bonds. The third-order valence-electron chi connectivity index (χ3n) is 7.02. The molecule has 27 heavy (non-hydrogen) atoms. The van der Waals surface area contributed by atoms with Gasteiger partial charge in [0.15, 0.2) is 5.79 Å². The summed E-state index contributed by atoms with van der Waals surface area (Å²) < 4.78 is 11.9. The second kappa shape index (κ2) is 8.69. The number of aromatic hydroxyl groups is 1. The van der Waals surface area contributed by atoms with Crippen molar-refractivity contribution in [1.82, 2.24) is 4.90 Å². The monoisotopic (exact) mass is 395 g/mol. The Bertz CT molecular complexity index is 601. The number of halogens is 1. The van der Waals surface area contributed by atoms with E-state index in [4.69, 9.17) is 9.47 Å². The Hall–Kier alpha value is -0.810. The first-order chi connectivity index (χ1) is 12.6. The molecule has 0 atom stereocenters. The Kier molecular flexibility index (Phi) is 6.73. The molecule has 1 aliphatic heterocycles. The number of benzene rings is 1. The molecule has 1 spiro atoms. The molecule has 0 unspecified atom stereocenters. The summed E-state index contributed by atoms with van der Waals surface area (Å²) in [5.74, 6) is 0.811. The zero-order valence-electron chi connectivity index (χ0n) is 16.5. The molecule has 5 heteroatoms. The van der Waals surface area contributed by atoms with Gasteiger partial charge in [0.2, 0.25) is 0 Å². The summed E-state index contributed by atoms with van der Waals surface area (Å²) in [6.07, 6.45) is 10.8. The SMILES string of the molecule is CN(CC1CCCCC1)C1(c2cccc(O)c2)CCC2(CC1)OCCO2.Cl. The number of phenols is 1. The molecule has 4 rings (SSSR count). The maximum Gasteiger partial charge on any atom is 0.168 e. The van der Waals surface area contributed by atoms with Crippen molar-refractivity contribution in [1.29, 1.82) is 0 Å². The summed E-state index contributed by atoms with van der Waals surface area (Å²) in [7, 11) is 2.28. The van der Waals surface area contributed by atoms with Crippen LogP contribution >= 0.6 is 12.4 Å². The molecule has 0 aromatic heterocycles. The molecule has 0 bridgehead atoms. The van der Waals surface area contributed by atoms with E-state index in [0.29, 0.717) is 5.75 Å². The fourth-order valence-electron chi connectivity index (χ4n) is 5.45. The van der Waals surface area contributed by atoms with Crippen LogP contribution < -0.4 is 0 Å². The lowest BCUT2D eigenvalue weighted by Gasteiger charge is -2.50. The first-order valence-electron chi connectivity index (χ1n) is 10.4. The first-order valence-corrected chi connectivity index (χ1v) is 10.4. The highest BCUT2D eigenvalue weighted by atomic mass is 35.5. The Labute approximate surface area is 169 Å². The van der Waals surface area contributed by atoms with Gasteiger partial charge in [0.05, 0.1) is 13.2 Å². The van der Waals surface area contributed by atoms with Crippen molar-refractivity contribution >= 4 is 12.4 Å². The topological polar surface area (TPSA) is 41.9 Å². The van der Waals surface area contributed by atoms with E-state index in [0.717, 1.165) is 51.4 Å². The maximum absolute atomic E-state index is 10.1. The average Bonchev–Trinajstić information content (AvgIpc) is 3.12. The largest absolute Gasteiger partial charge is 0.508 e. The van der Waals surface area contributed by atoms with Crippen LogP contribution in [0.5, 0.6) is 5.75 Å². The number of hydrogen-bond acceptors (Lipinski definition) is 4. The number of rotatable bonds is 4. The second-order valence-electron chi connectivity index (χ2n) is 8.57. The van der Waals surface area contributed by atoms with Gasteiger partial charge in [-0.25, -0.2) is 0 Å². The van der Waals surface area contributed by atoms with Gasteiger partial charge in [0.1, 0.15) is 5.75 Å². The van der Waals surface area contributed by atoms with E-state index in [1.54, 1.807) is 6.07 Å². The molecule has 1 aromatic rings. The third kappa shape index (κ3) is 4.29. The lowest BCUT2D eigenvalue weighted by atomic mass is 9.72. The predicted molar refractivity (Wildman–Crippen MR) is 109 cm³/mol. The molecule has 152 valence electrons. The number of hydrogen-bond donors (Lipinski definition) is 1. The zero-order valence-corrected chi connectivity index (χ0v) is 17.3. The van der Waals surface area contributed by atoms with E-state index in [1.807, 2.05) is 12.1 Å². The van der Waals surface area contributed by atoms with Crippen LogP contribution in [-0.2, 0) is 15.0 Å². The maximum atomic E-state index is 10.1. The molecule has 1 saturated heterocycles. The summed E-state index contributed by atoms with van der Waals surface area (Å²) in [5.41, 5.74) is 1.21. The highest BCUT2D eigenvalue weighted by Crippen LogP contribution is 2.48. The van der Waals surface area contributed by atoms with Crippen molar-refractivity contribution in [3.05, 3.63) is 29.8 Å². The van der Waals surface area contributed by atoms with Gasteiger partial charge in [-0.3, -0.25) is 4.90 Å². The fourth-order valence-corrected chi connectivity index (χ4v) is 5.45. The molecule has 0 radical (unpaired) electrons. The summed E-state index contributed by atoms with van der Waals surface area (Å²) in [4.78, 5) is 2.58. The lowest BCUT2D eigenvalue weighted by molar-refractivity contribution is -0.195. The average molecular weight is 396 g/mol. The van der Waals surface area contributed by atoms with Crippen LogP contribution in [0.4, 0.5) is 0 Å². The third-order valence-corrected chi connectivity index (χ3v) is 7.02. The van der Waals surface area contributed by atoms with Crippen LogP contribution in [0, 0.1) is 5.92 Å². The first kappa shape index (κ1) is 20.9. The highest BCUT2D eigenvalue weighted by Gasteiger charge is 2.49. The van der Waals surface area contributed by atoms with E-state index in [-0.39, 0.29) is 23.7 Å². The molecule has 1 N–H and O–H groups in total. The van der Waals surface area contributed by atoms with Crippen LogP contribution in [0.25, 0.3) is 0 Å². The fraction of sp³-hybridized carbons (Fsp3) is 0.727. The van der Waals surface area contributed by atoms with Gasteiger partial charge in [-0.1, -0.05) is 31.4 Å². The van der Waals surface area contributed by atoms with E-state index in [1.165, 1.54) is 37.7 Å². The van der Waals surface area contributed by atoms with Gasteiger partial charge < -0.3 is 14.6 Å².